The summed E-state index contributed by atoms with van der Waals surface area (Å²) in [7, 11) is 0. The van der Waals surface area contributed by atoms with Gasteiger partial charge in [-0.1, -0.05) is 38.1 Å². The first-order valence-corrected chi connectivity index (χ1v) is 13.4. The van der Waals surface area contributed by atoms with Crippen molar-refractivity contribution in [3.05, 3.63) is 48.8 Å². The maximum atomic E-state index is 5.46. The van der Waals surface area contributed by atoms with Gasteiger partial charge in [-0.05, 0) is 38.2 Å². The van der Waals surface area contributed by atoms with Crippen molar-refractivity contribution in [3.63, 3.8) is 0 Å². The van der Waals surface area contributed by atoms with Crippen LogP contribution in [0.25, 0.3) is 32.6 Å². The molecule has 7 heteroatoms. The minimum absolute atomic E-state index is 0.833. The van der Waals surface area contributed by atoms with Crippen LogP contribution in [0.5, 0.6) is 0 Å². The Balaban J connectivity index is 1.36. The molecule has 190 valence electrons. The van der Waals surface area contributed by atoms with Crippen molar-refractivity contribution < 1.29 is 4.74 Å². The van der Waals surface area contributed by atoms with Gasteiger partial charge >= 0.3 is 0 Å². The average molecular weight is 487 g/mol. The van der Waals surface area contributed by atoms with Crippen LogP contribution in [0.1, 0.15) is 20.3 Å². The summed E-state index contributed by atoms with van der Waals surface area (Å²) in [5.41, 5.74) is 4.32. The van der Waals surface area contributed by atoms with Crippen LogP contribution in [-0.4, -0.2) is 85.3 Å². The Morgan fingerprint density at radius 3 is 1.92 bits per heavy atom. The van der Waals surface area contributed by atoms with Crippen LogP contribution in [0.2, 0.25) is 0 Å². The summed E-state index contributed by atoms with van der Waals surface area (Å²) in [6.07, 6.45) is 4.94. The van der Waals surface area contributed by atoms with Crippen molar-refractivity contribution in [2.24, 2.45) is 0 Å². The van der Waals surface area contributed by atoms with Gasteiger partial charge in [0.25, 0.3) is 0 Å². The quantitative estimate of drug-likeness (QED) is 0.233. The number of hydrogen-bond donors (Lipinski definition) is 2. The van der Waals surface area contributed by atoms with E-state index in [2.05, 4.69) is 70.7 Å². The zero-order chi connectivity index (χ0) is 24.7. The zero-order valence-electron chi connectivity index (χ0n) is 21.6. The number of aromatic nitrogens is 2. The molecule has 0 atom stereocenters. The maximum absolute atomic E-state index is 5.46. The van der Waals surface area contributed by atoms with Crippen LogP contribution in [0, 0.1) is 0 Å². The molecule has 2 N–H and O–H groups in total. The van der Waals surface area contributed by atoms with Crippen molar-refractivity contribution in [1.29, 1.82) is 0 Å². The van der Waals surface area contributed by atoms with E-state index in [-0.39, 0.29) is 0 Å². The van der Waals surface area contributed by atoms with Crippen molar-refractivity contribution >= 4 is 44.0 Å². The first-order valence-electron chi connectivity index (χ1n) is 13.4. The van der Waals surface area contributed by atoms with Gasteiger partial charge in [0.05, 0.1) is 24.2 Å². The number of hydrogen-bond acceptors (Lipinski definition) is 7. The van der Waals surface area contributed by atoms with Crippen LogP contribution in [0.15, 0.2) is 48.8 Å². The maximum Gasteiger partial charge on any atom is 0.0801 e. The van der Waals surface area contributed by atoms with E-state index < -0.39 is 0 Å². The lowest BCUT2D eigenvalue weighted by Gasteiger charge is -2.26. The minimum atomic E-state index is 0.833. The zero-order valence-corrected chi connectivity index (χ0v) is 21.6. The van der Waals surface area contributed by atoms with Gasteiger partial charge in [0, 0.05) is 78.0 Å². The van der Waals surface area contributed by atoms with E-state index in [1.807, 2.05) is 12.4 Å². The summed E-state index contributed by atoms with van der Waals surface area (Å²) in [5.74, 6) is 0. The summed E-state index contributed by atoms with van der Waals surface area (Å²) in [5, 5.41) is 11.9. The summed E-state index contributed by atoms with van der Waals surface area (Å²) in [4.78, 5) is 14.5. The number of pyridine rings is 2. The molecular formula is C29H38N6O. The highest BCUT2D eigenvalue weighted by Crippen LogP contribution is 2.34. The van der Waals surface area contributed by atoms with Crippen molar-refractivity contribution in [2.45, 2.75) is 20.3 Å². The Kier molecular flexibility index (Phi) is 8.11. The third-order valence-corrected chi connectivity index (χ3v) is 7.32. The number of nitrogens with zero attached hydrogens (tertiary/aromatic N) is 4. The van der Waals surface area contributed by atoms with E-state index in [0.717, 1.165) is 116 Å². The second-order valence-electron chi connectivity index (χ2n) is 9.42. The third-order valence-electron chi connectivity index (χ3n) is 7.32. The smallest absolute Gasteiger partial charge is 0.0801 e. The summed E-state index contributed by atoms with van der Waals surface area (Å²) in [6.45, 7) is 14.3. The first-order chi connectivity index (χ1) is 17.8. The molecule has 1 aliphatic heterocycles. The Labute approximate surface area is 213 Å². The van der Waals surface area contributed by atoms with Gasteiger partial charge in [-0.3, -0.25) is 14.9 Å². The van der Waals surface area contributed by atoms with E-state index in [4.69, 9.17) is 14.7 Å². The number of ether oxygens (including phenoxy) is 1. The minimum Gasteiger partial charge on any atom is -0.384 e. The fourth-order valence-corrected chi connectivity index (χ4v) is 5.19. The fourth-order valence-electron chi connectivity index (χ4n) is 5.19. The molecule has 36 heavy (non-hydrogen) atoms. The van der Waals surface area contributed by atoms with Gasteiger partial charge in [-0.15, -0.1) is 0 Å². The van der Waals surface area contributed by atoms with Crippen LogP contribution >= 0.6 is 0 Å². The first kappa shape index (κ1) is 24.7. The second-order valence-corrected chi connectivity index (χ2v) is 9.42. The molecular weight excluding hydrogens is 448 g/mol. The third kappa shape index (κ3) is 5.38. The average Bonchev–Trinajstić information content (AvgIpc) is 2.93. The number of morpholine rings is 1. The van der Waals surface area contributed by atoms with E-state index in [1.165, 1.54) is 0 Å². The highest BCUT2D eigenvalue weighted by molar-refractivity contribution is 6.18. The predicted octanol–water partition coefficient (Wildman–Crippen LogP) is 4.82. The molecule has 5 rings (SSSR count). The van der Waals surface area contributed by atoms with Gasteiger partial charge < -0.3 is 20.3 Å². The van der Waals surface area contributed by atoms with Crippen molar-refractivity contribution in [2.75, 3.05) is 76.2 Å². The largest absolute Gasteiger partial charge is 0.384 e. The summed E-state index contributed by atoms with van der Waals surface area (Å²) < 4.78 is 5.46. The van der Waals surface area contributed by atoms with Crippen LogP contribution in [0.3, 0.4) is 0 Å². The predicted molar refractivity (Wildman–Crippen MR) is 151 cm³/mol. The van der Waals surface area contributed by atoms with Gasteiger partial charge in [-0.2, -0.15) is 0 Å². The van der Waals surface area contributed by atoms with E-state index in [9.17, 15) is 0 Å². The summed E-state index contributed by atoms with van der Waals surface area (Å²) >= 11 is 0. The monoisotopic (exact) mass is 486 g/mol. The molecule has 4 aromatic rings. The summed E-state index contributed by atoms with van der Waals surface area (Å²) in [6, 6.07) is 12.9. The molecule has 0 unspecified atom stereocenters. The lowest BCUT2D eigenvalue weighted by Crippen LogP contribution is -2.39. The fraction of sp³-hybridized carbons (Fsp3) is 0.448. The Hall–Kier alpha value is -3.00. The van der Waals surface area contributed by atoms with Gasteiger partial charge in [0.2, 0.25) is 0 Å². The number of rotatable bonds is 11. The second kappa shape index (κ2) is 11.8. The standard InChI is InChI=1S/C29H38N6O/c1-3-34(4-2)16-5-12-30-26-10-13-32-28-22-7-9-25-27(31-15-17-35-18-20-36-21-19-35)11-14-33-29(25)23(22)6-8-24(26)28/h6-11,13-14H,3-5,12,15-21H2,1-2H3,(H,30,32)(H,31,33). The Morgan fingerprint density at radius 1 is 0.778 bits per heavy atom. The normalized spacial score (nSPS) is 14.8. The van der Waals surface area contributed by atoms with Gasteiger partial charge in [0.15, 0.2) is 0 Å². The lowest BCUT2D eigenvalue weighted by atomic mass is 10.0. The highest BCUT2D eigenvalue weighted by Gasteiger charge is 2.13. The Bertz CT molecular complexity index is 1300. The van der Waals surface area contributed by atoms with Crippen LogP contribution in [0.4, 0.5) is 11.4 Å². The molecule has 3 heterocycles. The molecule has 2 aromatic heterocycles. The topological polar surface area (TPSA) is 65.5 Å². The molecule has 0 radical (unpaired) electrons. The van der Waals surface area contributed by atoms with E-state index in [0.29, 0.717) is 0 Å². The lowest BCUT2D eigenvalue weighted by molar-refractivity contribution is 0.0398. The number of benzene rings is 2. The molecule has 0 saturated carbocycles. The highest BCUT2D eigenvalue weighted by atomic mass is 16.5. The molecule has 2 aromatic carbocycles. The molecule has 0 amide bonds. The Morgan fingerprint density at radius 2 is 1.33 bits per heavy atom. The van der Waals surface area contributed by atoms with Crippen molar-refractivity contribution in [1.82, 2.24) is 19.8 Å². The SMILES string of the molecule is CCN(CC)CCCNc1ccnc2c1ccc1c2ccc2c(NCCN3CCOCC3)ccnc21. The number of fused-ring (bicyclic) bond motifs is 5. The molecule has 0 aliphatic carbocycles. The molecule has 1 saturated heterocycles. The molecule has 1 fully saturated rings. The van der Waals surface area contributed by atoms with Gasteiger partial charge in [-0.25, -0.2) is 0 Å². The van der Waals surface area contributed by atoms with Crippen LogP contribution in [-0.2, 0) is 4.74 Å². The van der Waals surface area contributed by atoms with Crippen molar-refractivity contribution in [3.8, 4) is 0 Å². The molecule has 0 spiro atoms. The molecule has 0 bridgehead atoms. The number of anilines is 2. The van der Waals surface area contributed by atoms with Gasteiger partial charge in [0.1, 0.15) is 0 Å². The van der Waals surface area contributed by atoms with E-state index in [1.54, 1.807) is 0 Å². The molecule has 1 aliphatic rings. The van der Waals surface area contributed by atoms with Crippen LogP contribution < -0.4 is 10.6 Å². The van der Waals surface area contributed by atoms with E-state index >= 15 is 0 Å². The molecule has 7 nitrogen and oxygen atoms in total. The number of nitrogens with one attached hydrogen (secondary N) is 2.